The highest BCUT2D eigenvalue weighted by Gasteiger charge is 2.09. The predicted octanol–water partition coefficient (Wildman–Crippen LogP) is 1.68. The number of ether oxygens (including phenoxy) is 1. The first-order valence-electron chi connectivity index (χ1n) is 6.69. The van der Waals surface area contributed by atoms with Gasteiger partial charge in [0.2, 0.25) is 5.91 Å². The third-order valence-electron chi connectivity index (χ3n) is 2.96. The molecule has 0 aromatic heterocycles. The molecule has 0 aliphatic rings. The molecule has 1 aromatic rings. The van der Waals surface area contributed by atoms with Gasteiger partial charge < -0.3 is 10.1 Å². The number of esters is 1. The highest BCUT2D eigenvalue weighted by molar-refractivity contribution is 5.92. The van der Waals surface area contributed by atoms with Crippen LogP contribution in [0.1, 0.15) is 18.9 Å². The van der Waals surface area contributed by atoms with Gasteiger partial charge in [-0.05, 0) is 31.2 Å². The molecule has 0 aliphatic carbocycles. The van der Waals surface area contributed by atoms with Crippen molar-refractivity contribution < 1.29 is 14.3 Å². The lowest BCUT2D eigenvalue weighted by Crippen LogP contribution is -2.31. The predicted molar refractivity (Wildman–Crippen MR) is 78.6 cm³/mol. The average Bonchev–Trinajstić information content (AvgIpc) is 2.44. The maximum atomic E-state index is 11.9. The maximum Gasteiger partial charge on any atom is 0.306 e. The molecular weight excluding hydrogens is 256 g/mol. The zero-order valence-corrected chi connectivity index (χ0v) is 12.3. The second kappa shape index (κ2) is 8.32. The van der Waals surface area contributed by atoms with Gasteiger partial charge in [0.05, 0.1) is 20.1 Å². The molecule has 1 amide bonds. The fraction of sp³-hybridized carbons (Fsp3) is 0.467. The summed E-state index contributed by atoms with van der Waals surface area (Å²) in [7, 11) is 3.15. The third-order valence-corrected chi connectivity index (χ3v) is 2.96. The molecule has 1 aromatic carbocycles. The van der Waals surface area contributed by atoms with Crippen LogP contribution in [0.5, 0.6) is 0 Å². The van der Waals surface area contributed by atoms with Gasteiger partial charge in [-0.1, -0.05) is 19.1 Å². The summed E-state index contributed by atoms with van der Waals surface area (Å²) in [5.74, 6) is -0.362. The smallest absolute Gasteiger partial charge is 0.306 e. The van der Waals surface area contributed by atoms with E-state index in [1.807, 2.05) is 24.3 Å². The minimum atomic E-state index is -0.270. The first kappa shape index (κ1) is 16.2. The van der Waals surface area contributed by atoms with Crippen LogP contribution in [0.3, 0.4) is 0 Å². The Hall–Kier alpha value is -1.88. The van der Waals surface area contributed by atoms with Crippen LogP contribution in [0.4, 0.5) is 5.69 Å². The van der Waals surface area contributed by atoms with Gasteiger partial charge in [0, 0.05) is 12.2 Å². The van der Waals surface area contributed by atoms with E-state index in [9.17, 15) is 9.59 Å². The average molecular weight is 278 g/mol. The molecule has 0 unspecified atom stereocenters. The number of aryl methyl sites for hydroxylation is 1. The molecule has 5 nitrogen and oxygen atoms in total. The van der Waals surface area contributed by atoms with E-state index >= 15 is 0 Å². The molecule has 0 fully saturated rings. The lowest BCUT2D eigenvalue weighted by molar-refractivity contribution is -0.141. The molecule has 0 saturated carbocycles. The topological polar surface area (TPSA) is 58.6 Å². The Labute approximate surface area is 119 Å². The van der Waals surface area contributed by atoms with E-state index < -0.39 is 0 Å². The number of nitrogens with zero attached hydrogens (tertiary/aromatic N) is 1. The molecule has 110 valence electrons. The standard InChI is InChI=1S/C15H22N2O3/c1-4-12-6-5-7-13(10-12)16-14(18)11-17(2)9-8-15(19)20-3/h5-7,10H,4,8-9,11H2,1-3H3,(H,16,18). The van der Waals surface area contributed by atoms with Gasteiger partial charge in [-0.3, -0.25) is 14.5 Å². The number of hydrogen-bond acceptors (Lipinski definition) is 4. The van der Waals surface area contributed by atoms with Crippen LogP contribution < -0.4 is 5.32 Å². The summed E-state index contributed by atoms with van der Waals surface area (Å²) in [6.07, 6.45) is 1.22. The molecule has 0 bridgehead atoms. The maximum absolute atomic E-state index is 11.9. The van der Waals surface area contributed by atoms with Crippen molar-refractivity contribution >= 4 is 17.6 Å². The number of amides is 1. The molecule has 0 heterocycles. The SMILES string of the molecule is CCc1cccc(NC(=O)CN(C)CCC(=O)OC)c1. The molecule has 0 radical (unpaired) electrons. The highest BCUT2D eigenvalue weighted by atomic mass is 16.5. The summed E-state index contributed by atoms with van der Waals surface area (Å²) < 4.78 is 4.56. The van der Waals surface area contributed by atoms with Crippen LogP contribution in [-0.2, 0) is 20.7 Å². The van der Waals surface area contributed by atoms with Crippen molar-refractivity contribution in [2.45, 2.75) is 19.8 Å². The number of benzene rings is 1. The summed E-state index contributed by atoms with van der Waals surface area (Å²) >= 11 is 0. The van der Waals surface area contributed by atoms with Gasteiger partial charge >= 0.3 is 5.97 Å². The summed E-state index contributed by atoms with van der Waals surface area (Å²) in [4.78, 5) is 24.7. The van der Waals surface area contributed by atoms with Gasteiger partial charge in [-0.15, -0.1) is 0 Å². The van der Waals surface area contributed by atoms with Crippen LogP contribution in [0, 0.1) is 0 Å². The molecule has 0 spiro atoms. The molecule has 0 saturated heterocycles. The number of carbonyl (C=O) groups excluding carboxylic acids is 2. The molecule has 20 heavy (non-hydrogen) atoms. The van der Waals surface area contributed by atoms with Gasteiger partial charge in [0.15, 0.2) is 0 Å². The van der Waals surface area contributed by atoms with Crippen molar-refractivity contribution in [1.29, 1.82) is 0 Å². The Morgan fingerprint density at radius 2 is 2.10 bits per heavy atom. The van der Waals surface area contributed by atoms with Crippen molar-refractivity contribution in [3.8, 4) is 0 Å². The van der Waals surface area contributed by atoms with Crippen molar-refractivity contribution in [2.75, 3.05) is 32.6 Å². The van der Waals surface area contributed by atoms with E-state index in [2.05, 4.69) is 17.0 Å². The number of anilines is 1. The first-order valence-corrected chi connectivity index (χ1v) is 6.69. The van der Waals surface area contributed by atoms with E-state index in [1.165, 1.54) is 12.7 Å². The lowest BCUT2D eigenvalue weighted by atomic mass is 10.1. The van der Waals surface area contributed by atoms with Crippen molar-refractivity contribution in [3.63, 3.8) is 0 Å². The van der Waals surface area contributed by atoms with Crippen LogP contribution >= 0.6 is 0 Å². The molecular formula is C15H22N2O3. The molecule has 1 N–H and O–H groups in total. The molecule has 0 atom stereocenters. The Kier molecular flexibility index (Phi) is 6.73. The van der Waals surface area contributed by atoms with Gasteiger partial charge in [-0.2, -0.15) is 0 Å². The van der Waals surface area contributed by atoms with Crippen LogP contribution in [0.15, 0.2) is 24.3 Å². The second-order valence-electron chi connectivity index (χ2n) is 4.67. The minimum absolute atomic E-state index is 0.0920. The van der Waals surface area contributed by atoms with Crippen LogP contribution in [-0.4, -0.2) is 44.0 Å². The number of methoxy groups -OCH3 is 1. The minimum Gasteiger partial charge on any atom is -0.469 e. The van der Waals surface area contributed by atoms with Crippen LogP contribution in [0.2, 0.25) is 0 Å². The number of likely N-dealkylation sites (N-methyl/N-ethyl adjacent to an activating group) is 1. The van der Waals surface area contributed by atoms with Crippen molar-refractivity contribution in [1.82, 2.24) is 4.90 Å². The third kappa shape index (κ3) is 5.84. The molecule has 0 aliphatic heterocycles. The Bertz CT molecular complexity index is 460. The fourth-order valence-electron chi connectivity index (χ4n) is 1.78. The van der Waals surface area contributed by atoms with Crippen molar-refractivity contribution in [2.24, 2.45) is 0 Å². The van der Waals surface area contributed by atoms with E-state index in [4.69, 9.17) is 0 Å². The Balaban J connectivity index is 2.40. The summed E-state index contributed by atoms with van der Waals surface area (Å²) in [5, 5.41) is 2.85. The monoisotopic (exact) mass is 278 g/mol. The molecule has 5 heteroatoms. The Morgan fingerprint density at radius 3 is 2.75 bits per heavy atom. The zero-order valence-electron chi connectivity index (χ0n) is 12.3. The first-order chi connectivity index (χ1) is 9.55. The van der Waals surface area contributed by atoms with Crippen molar-refractivity contribution in [3.05, 3.63) is 29.8 Å². The largest absolute Gasteiger partial charge is 0.469 e. The van der Waals surface area contributed by atoms with Gasteiger partial charge in [0.1, 0.15) is 0 Å². The fourth-order valence-corrected chi connectivity index (χ4v) is 1.78. The summed E-state index contributed by atoms with van der Waals surface area (Å²) in [5.41, 5.74) is 1.98. The Morgan fingerprint density at radius 1 is 1.35 bits per heavy atom. The number of nitrogens with one attached hydrogen (secondary N) is 1. The number of hydrogen-bond donors (Lipinski definition) is 1. The molecule has 1 rings (SSSR count). The van der Waals surface area contributed by atoms with Gasteiger partial charge in [0.25, 0.3) is 0 Å². The summed E-state index contributed by atoms with van der Waals surface area (Å²) in [6.45, 7) is 2.81. The van der Waals surface area contributed by atoms with E-state index in [-0.39, 0.29) is 24.8 Å². The quantitative estimate of drug-likeness (QED) is 0.771. The zero-order chi connectivity index (χ0) is 15.0. The highest BCUT2D eigenvalue weighted by Crippen LogP contribution is 2.10. The van der Waals surface area contributed by atoms with Crippen LogP contribution in [0.25, 0.3) is 0 Å². The van der Waals surface area contributed by atoms with E-state index in [1.54, 1.807) is 11.9 Å². The van der Waals surface area contributed by atoms with E-state index in [0.29, 0.717) is 6.54 Å². The second-order valence-corrected chi connectivity index (χ2v) is 4.67. The number of carbonyl (C=O) groups is 2. The lowest BCUT2D eigenvalue weighted by Gasteiger charge is -2.15. The number of rotatable bonds is 7. The normalized spacial score (nSPS) is 10.4. The van der Waals surface area contributed by atoms with E-state index in [0.717, 1.165) is 12.1 Å². The summed E-state index contributed by atoms with van der Waals surface area (Å²) in [6, 6.07) is 7.78. The van der Waals surface area contributed by atoms with Gasteiger partial charge in [-0.25, -0.2) is 0 Å².